The molecule has 0 saturated heterocycles. The van der Waals surface area contributed by atoms with E-state index in [9.17, 15) is 9.59 Å². The van der Waals surface area contributed by atoms with Crippen molar-refractivity contribution in [3.63, 3.8) is 0 Å². The van der Waals surface area contributed by atoms with Crippen molar-refractivity contribution in [2.24, 2.45) is 5.92 Å². The smallest absolute Gasteiger partial charge is 0.305 e. The number of hydrogen-bond donors (Lipinski definition) is 1. The van der Waals surface area contributed by atoms with Crippen LogP contribution in [0.3, 0.4) is 0 Å². The van der Waals surface area contributed by atoms with Gasteiger partial charge < -0.3 is 10.1 Å². The monoisotopic (exact) mass is 255 g/mol. The summed E-state index contributed by atoms with van der Waals surface area (Å²) in [4.78, 5) is 22.7. The molecule has 4 nitrogen and oxygen atoms in total. The van der Waals surface area contributed by atoms with E-state index in [1.54, 1.807) is 6.92 Å². The maximum atomic E-state index is 11.7. The Kier molecular flexibility index (Phi) is 7.46. The quantitative estimate of drug-likeness (QED) is 0.561. The average molecular weight is 255 g/mol. The van der Waals surface area contributed by atoms with Gasteiger partial charge in [0.2, 0.25) is 5.91 Å². The molecular formula is C14H25NO3. The molecule has 0 heterocycles. The molecule has 0 unspecified atom stereocenters. The summed E-state index contributed by atoms with van der Waals surface area (Å²) in [5.41, 5.74) is 0. The van der Waals surface area contributed by atoms with E-state index in [1.807, 2.05) is 0 Å². The molecule has 18 heavy (non-hydrogen) atoms. The predicted molar refractivity (Wildman–Crippen MR) is 70.1 cm³/mol. The van der Waals surface area contributed by atoms with Gasteiger partial charge in [-0.25, -0.2) is 0 Å². The van der Waals surface area contributed by atoms with Crippen molar-refractivity contribution in [2.45, 2.75) is 58.3 Å². The van der Waals surface area contributed by atoms with Gasteiger partial charge in [-0.15, -0.1) is 0 Å². The highest BCUT2D eigenvalue weighted by molar-refractivity contribution is 5.76. The van der Waals surface area contributed by atoms with E-state index in [0.717, 1.165) is 0 Å². The van der Waals surface area contributed by atoms with Crippen LogP contribution in [0.2, 0.25) is 0 Å². The fraction of sp³-hybridized carbons (Fsp3) is 0.857. The standard InChI is InChI=1S/C14H25NO3/c1-2-18-14(17)9-6-10-15-13(16)11-12-7-4-3-5-8-12/h12H,2-11H2,1H3,(H,15,16). The van der Waals surface area contributed by atoms with Gasteiger partial charge in [-0.2, -0.15) is 0 Å². The minimum Gasteiger partial charge on any atom is -0.466 e. The minimum absolute atomic E-state index is 0.130. The van der Waals surface area contributed by atoms with Crippen LogP contribution in [0, 0.1) is 5.92 Å². The molecule has 1 saturated carbocycles. The zero-order valence-electron chi connectivity index (χ0n) is 11.4. The van der Waals surface area contributed by atoms with Crippen molar-refractivity contribution >= 4 is 11.9 Å². The Morgan fingerprint density at radius 1 is 1.22 bits per heavy atom. The van der Waals surface area contributed by atoms with Gasteiger partial charge in [-0.05, 0) is 32.1 Å². The second kappa shape index (κ2) is 8.95. The van der Waals surface area contributed by atoms with Gasteiger partial charge in [0.05, 0.1) is 6.61 Å². The first-order chi connectivity index (χ1) is 8.72. The van der Waals surface area contributed by atoms with E-state index < -0.39 is 0 Å². The lowest BCUT2D eigenvalue weighted by Gasteiger charge is -2.20. The third kappa shape index (κ3) is 6.62. The molecule has 0 radical (unpaired) electrons. The van der Waals surface area contributed by atoms with Crippen LogP contribution in [-0.4, -0.2) is 25.0 Å². The lowest BCUT2D eigenvalue weighted by Crippen LogP contribution is -2.27. The maximum absolute atomic E-state index is 11.7. The van der Waals surface area contributed by atoms with E-state index in [1.165, 1.54) is 32.1 Å². The molecule has 1 aliphatic rings. The second-order valence-corrected chi connectivity index (χ2v) is 4.97. The Morgan fingerprint density at radius 3 is 2.61 bits per heavy atom. The SMILES string of the molecule is CCOC(=O)CCCNC(=O)CC1CCCCC1. The predicted octanol–water partition coefficient (Wildman–Crippen LogP) is 2.42. The molecule has 1 fully saturated rings. The van der Waals surface area contributed by atoms with Crippen LogP contribution in [0.25, 0.3) is 0 Å². The van der Waals surface area contributed by atoms with Crippen molar-refractivity contribution in [3.05, 3.63) is 0 Å². The summed E-state index contributed by atoms with van der Waals surface area (Å²) in [6, 6.07) is 0. The minimum atomic E-state index is -0.181. The summed E-state index contributed by atoms with van der Waals surface area (Å²) in [5, 5.41) is 2.88. The Hall–Kier alpha value is -1.06. The molecule has 0 atom stereocenters. The lowest BCUT2D eigenvalue weighted by atomic mass is 9.87. The van der Waals surface area contributed by atoms with Gasteiger partial charge in [0.25, 0.3) is 0 Å². The molecule has 104 valence electrons. The molecule has 0 aliphatic heterocycles. The first-order valence-electron chi connectivity index (χ1n) is 7.14. The van der Waals surface area contributed by atoms with Crippen LogP contribution >= 0.6 is 0 Å². The van der Waals surface area contributed by atoms with Crippen molar-refractivity contribution in [2.75, 3.05) is 13.2 Å². The van der Waals surface area contributed by atoms with E-state index in [-0.39, 0.29) is 11.9 Å². The number of amides is 1. The number of ether oxygens (including phenoxy) is 1. The molecule has 0 aromatic rings. The molecular weight excluding hydrogens is 230 g/mol. The van der Waals surface area contributed by atoms with Gasteiger partial charge >= 0.3 is 5.97 Å². The summed E-state index contributed by atoms with van der Waals surface area (Å²) >= 11 is 0. The molecule has 1 aliphatic carbocycles. The van der Waals surface area contributed by atoms with Gasteiger partial charge in [0, 0.05) is 19.4 Å². The number of esters is 1. The first kappa shape index (κ1) is 15.0. The Balaban J connectivity index is 2.01. The highest BCUT2D eigenvalue weighted by atomic mass is 16.5. The second-order valence-electron chi connectivity index (χ2n) is 4.97. The molecule has 4 heteroatoms. The van der Waals surface area contributed by atoms with Crippen LogP contribution in [0.5, 0.6) is 0 Å². The van der Waals surface area contributed by atoms with Gasteiger partial charge in [-0.3, -0.25) is 9.59 Å². The fourth-order valence-corrected chi connectivity index (χ4v) is 2.42. The number of carbonyl (C=O) groups excluding carboxylic acids is 2. The Bertz CT molecular complexity index is 260. The number of nitrogens with one attached hydrogen (secondary N) is 1. The third-order valence-electron chi connectivity index (χ3n) is 3.38. The van der Waals surface area contributed by atoms with Crippen LogP contribution in [-0.2, 0) is 14.3 Å². The highest BCUT2D eigenvalue weighted by Gasteiger charge is 2.16. The van der Waals surface area contributed by atoms with Crippen molar-refractivity contribution in [1.82, 2.24) is 5.32 Å². The summed E-state index contributed by atoms with van der Waals surface area (Å²) in [5.74, 6) is 0.522. The number of carbonyl (C=O) groups is 2. The molecule has 1 N–H and O–H groups in total. The molecule has 1 rings (SSSR count). The summed E-state index contributed by atoms with van der Waals surface area (Å²) in [6.07, 6.45) is 7.93. The van der Waals surface area contributed by atoms with Crippen LogP contribution < -0.4 is 5.32 Å². The zero-order chi connectivity index (χ0) is 13.2. The van der Waals surface area contributed by atoms with Crippen molar-refractivity contribution in [3.8, 4) is 0 Å². The maximum Gasteiger partial charge on any atom is 0.305 e. The fourth-order valence-electron chi connectivity index (χ4n) is 2.42. The van der Waals surface area contributed by atoms with Crippen molar-refractivity contribution in [1.29, 1.82) is 0 Å². The van der Waals surface area contributed by atoms with Crippen LogP contribution in [0.4, 0.5) is 0 Å². The van der Waals surface area contributed by atoms with E-state index >= 15 is 0 Å². The number of rotatable bonds is 7. The first-order valence-corrected chi connectivity index (χ1v) is 7.14. The molecule has 0 bridgehead atoms. The number of hydrogen-bond acceptors (Lipinski definition) is 3. The van der Waals surface area contributed by atoms with Gasteiger partial charge in [-0.1, -0.05) is 19.3 Å². The topological polar surface area (TPSA) is 55.4 Å². The molecule has 0 spiro atoms. The van der Waals surface area contributed by atoms with Gasteiger partial charge in [0.15, 0.2) is 0 Å². The molecule has 1 amide bonds. The average Bonchev–Trinajstić information content (AvgIpc) is 2.36. The Morgan fingerprint density at radius 2 is 1.94 bits per heavy atom. The molecule has 0 aromatic carbocycles. The van der Waals surface area contributed by atoms with Crippen LogP contribution in [0.1, 0.15) is 58.3 Å². The Labute approximate surface area is 109 Å². The van der Waals surface area contributed by atoms with E-state index in [4.69, 9.17) is 4.74 Å². The zero-order valence-corrected chi connectivity index (χ0v) is 11.4. The lowest BCUT2D eigenvalue weighted by molar-refractivity contribution is -0.143. The van der Waals surface area contributed by atoms with Crippen LogP contribution in [0.15, 0.2) is 0 Å². The van der Waals surface area contributed by atoms with Crippen molar-refractivity contribution < 1.29 is 14.3 Å². The third-order valence-corrected chi connectivity index (χ3v) is 3.38. The summed E-state index contributed by atoms with van der Waals surface area (Å²) in [7, 11) is 0. The van der Waals surface area contributed by atoms with E-state index in [0.29, 0.717) is 38.3 Å². The molecule has 0 aromatic heterocycles. The summed E-state index contributed by atoms with van der Waals surface area (Å²) < 4.78 is 4.82. The van der Waals surface area contributed by atoms with Gasteiger partial charge in [0.1, 0.15) is 0 Å². The summed E-state index contributed by atoms with van der Waals surface area (Å²) in [6.45, 7) is 2.79. The normalized spacial score (nSPS) is 16.3. The largest absolute Gasteiger partial charge is 0.466 e. The highest BCUT2D eigenvalue weighted by Crippen LogP contribution is 2.25. The van der Waals surface area contributed by atoms with E-state index in [2.05, 4.69) is 5.32 Å².